The smallest absolute Gasteiger partial charge is 0.428 e. The number of alkyl halides is 5. The van der Waals surface area contributed by atoms with Crippen molar-refractivity contribution in [3.8, 4) is 22.6 Å². The van der Waals surface area contributed by atoms with E-state index in [9.17, 15) is 22.0 Å². The van der Waals surface area contributed by atoms with Gasteiger partial charge in [-0.2, -0.15) is 8.78 Å². The second-order valence-electron chi connectivity index (χ2n) is 10.3. The topological polar surface area (TPSA) is 18.5 Å². The van der Waals surface area contributed by atoms with Crippen molar-refractivity contribution in [3.05, 3.63) is 83.4 Å². The first kappa shape index (κ1) is 29.7. The number of benzene rings is 3. The molecule has 216 valence electrons. The maximum Gasteiger partial charge on any atom is 0.573 e. The number of unbranched alkanes of at least 4 members (excludes halogenated alkanes) is 2. The summed E-state index contributed by atoms with van der Waals surface area (Å²) in [6, 6.07) is 12.4. The highest BCUT2D eigenvalue weighted by Gasteiger charge is 2.37. The normalized spacial score (nSPS) is 18.0. The quantitative estimate of drug-likeness (QED) is 0.179. The SMILES string of the molecule is CCCCCC1CCC(c2ccc(C(F)(F)Oc3ccccc3-c3cc(F)c(OC(F)(F)F)c(F)c3)cc2)CC1. The first-order valence-electron chi connectivity index (χ1n) is 13.5. The molecule has 0 spiro atoms. The molecule has 0 aromatic heterocycles. The minimum atomic E-state index is -5.31. The number of ether oxygens (including phenoxy) is 2. The van der Waals surface area contributed by atoms with Crippen LogP contribution in [0.25, 0.3) is 11.1 Å². The third-order valence-electron chi connectivity index (χ3n) is 7.43. The lowest BCUT2D eigenvalue weighted by molar-refractivity contribution is -0.276. The molecule has 3 aromatic carbocycles. The number of hydrogen-bond donors (Lipinski definition) is 0. The van der Waals surface area contributed by atoms with Crippen LogP contribution >= 0.6 is 0 Å². The van der Waals surface area contributed by atoms with Gasteiger partial charge in [0.15, 0.2) is 11.6 Å². The summed E-state index contributed by atoms with van der Waals surface area (Å²) in [6.45, 7) is 2.19. The molecule has 1 aliphatic carbocycles. The largest absolute Gasteiger partial charge is 0.573 e. The Morgan fingerprint density at radius 3 is 2.00 bits per heavy atom. The molecule has 1 aliphatic rings. The van der Waals surface area contributed by atoms with Crippen molar-refractivity contribution in [1.29, 1.82) is 0 Å². The van der Waals surface area contributed by atoms with Gasteiger partial charge in [-0.25, -0.2) is 8.78 Å². The minimum absolute atomic E-state index is 0.133. The van der Waals surface area contributed by atoms with E-state index in [4.69, 9.17) is 4.74 Å². The van der Waals surface area contributed by atoms with Gasteiger partial charge in [0.05, 0.1) is 5.56 Å². The van der Waals surface area contributed by atoms with Crippen molar-refractivity contribution in [2.24, 2.45) is 5.92 Å². The summed E-state index contributed by atoms with van der Waals surface area (Å²) in [4.78, 5) is 0. The first-order valence-corrected chi connectivity index (χ1v) is 13.5. The van der Waals surface area contributed by atoms with E-state index in [0.29, 0.717) is 18.1 Å². The summed E-state index contributed by atoms with van der Waals surface area (Å²) in [5, 5.41) is 0. The van der Waals surface area contributed by atoms with Gasteiger partial charge in [0, 0.05) is 5.56 Å². The summed E-state index contributed by atoms with van der Waals surface area (Å²) in [5.41, 5.74) is 0.173. The second-order valence-corrected chi connectivity index (χ2v) is 10.3. The van der Waals surface area contributed by atoms with E-state index in [1.807, 2.05) is 0 Å². The Bertz CT molecular complexity index is 1240. The van der Waals surface area contributed by atoms with Crippen LogP contribution in [0.4, 0.5) is 30.7 Å². The molecule has 0 atom stereocenters. The fourth-order valence-electron chi connectivity index (χ4n) is 5.34. The van der Waals surface area contributed by atoms with Crippen molar-refractivity contribution >= 4 is 0 Å². The monoisotopic (exact) mass is 568 g/mol. The van der Waals surface area contributed by atoms with Gasteiger partial charge in [0.2, 0.25) is 5.75 Å². The lowest BCUT2D eigenvalue weighted by Gasteiger charge is -2.29. The zero-order valence-corrected chi connectivity index (χ0v) is 22.0. The standard InChI is InChI=1S/C31H31F7O2/c1-2-3-4-7-20-10-12-21(13-11-20)22-14-16-24(17-15-22)30(34,35)39-28-9-6-5-8-25(28)23-18-26(32)29(27(33)19-23)40-31(36,37)38/h5-6,8-9,14-21H,2-4,7,10-13H2,1H3. The molecule has 0 saturated heterocycles. The summed E-state index contributed by atoms with van der Waals surface area (Å²) in [7, 11) is 0. The Kier molecular flexibility index (Phi) is 9.31. The highest BCUT2D eigenvalue weighted by Crippen LogP contribution is 2.41. The van der Waals surface area contributed by atoms with Gasteiger partial charge in [-0.15, -0.1) is 13.2 Å². The summed E-state index contributed by atoms with van der Waals surface area (Å²) in [6.07, 6.45) is 0.166. The zero-order chi connectivity index (χ0) is 28.9. The lowest BCUT2D eigenvalue weighted by Crippen LogP contribution is -2.22. The van der Waals surface area contributed by atoms with E-state index >= 15 is 8.78 Å². The lowest BCUT2D eigenvalue weighted by atomic mass is 9.77. The average Bonchev–Trinajstić information content (AvgIpc) is 2.91. The van der Waals surface area contributed by atoms with E-state index in [-0.39, 0.29) is 11.1 Å². The van der Waals surface area contributed by atoms with Crippen LogP contribution in [0.1, 0.15) is 75.3 Å². The van der Waals surface area contributed by atoms with Gasteiger partial charge < -0.3 is 9.47 Å². The molecule has 0 aliphatic heterocycles. The molecule has 1 fully saturated rings. The van der Waals surface area contributed by atoms with E-state index in [2.05, 4.69) is 11.7 Å². The van der Waals surface area contributed by atoms with E-state index in [1.54, 1.807) is 12.1 Å². The van der Waals surface area contributed by atoms with Crippen LogP contribution in [-0.2, 0) is 6.11 Å². The maximum absolute atomic E-state index is 15.2. The molecule has 0 heterocycles. The molecule has 0 unspecified atom stereocenters. The number of hydrogen-bond acceptors (Lipinski definition) is 2. The molecule has 2 nitrogen and oxygen atoms in total. The predicted octanol–water partition coefficient (Wildman–Crippen LogP) is 10.5. The first-order chi connectivity index (χ1) is 19.0. The van der Waals surface area contributed by atoms with Gasteiger partial charge in [0.1, 0.15) is 5.75 Å². The number of halogens is 7. The second kappa shape index (κ2) is 12.5. The molecule has 0 radical (unpaired) electrons. The Labute approximate surface area is 229 Å². The van der Waals surface area contributed by atoms with E-state index in [0.717, 1.165) is 37.2 Å². The summed E-state index contributed by atoms with van der Waals surface area (Å²) >= 11 is 0. The number of para-hydroxylation sites is 1. The van der Waals surface area contributed by atoms with Crippen molar-refractivity contribution < 1.29 is 40.2 Å². The van der Waals surface area contributed by atoms with Gasteiger partial charge in [0.25, 0.3) is 0 Å². The van der Waals surface area contributed by atoms with Crippen LogP contribution in [0.2, 0.25) is 0 Å². The van der Waals surface area contributed by atoms with Crippen LogP contribution in [0.5, 0.6) is 11.5 Å². The predicted molar refractivity (Wildman–Crippen MR) is 138 cm³/mol. The molecule has 40 heavy (non-hydrogen) atoms. The van der Waals surface area contributed by atoms with E-state index < -0.39 is 41.2 Å². The molecule has 0 N–H and O–H groups in total. The fraction of sp³-hybridized carbons (Fsp3) is 0.419. The molecule has 9 heteroatoms. The summed E-state index contributed by atoms with van der Waals surface area (Å²) in [5.74, 6) is -4.26. The highest BCUT2D eigenvalue weighted by molar-refractivity contribution is 5.71. The van der Waals surface area contributed by atoms with Crippen LogP contribution in [-0.4, -0.2) is 6.36 Å². The molecular formula is C31H31F7O2. The maximum atomic E-state index is 15.2. The molecular weight excluding hydrogens is 537 g/mol. The molecule has 3 aromatic rings. The van der Waals surface area contributed by atoms with Crippen molar-refractivity contribution in [3.63, 3.8) is 0 Å². The molecule has 1 saturated carbocycles. The van der Waals surface area contributed by atoms with Gasteiger partial charge in [-0.3, -0.25) is 0 Å². The van der Waals surface area contributed by atoms with Crippen molar-refractivity contribution in [2.75, 3.05) is 0 Å². The Hall–Kier alpha value is -3.23. The van der Waals surface area contributed by atoms with Crippen LogP contribution < -0.4 is 9.47 Å². The van der Waals surface area contributed by atoms with Gasteiger partial charge in [-0.1, -0.05) is 62.9 Å². The van der Waals surface area contributed by atoms with Crippen LogP contribution in [0, 0.1) is 17.6 Å². The summed E-state index contributed by atoms with van der Waals surface area (Å²) < 4.78 is 105. The third kappa shape index (κ3) is 7.49. The third-order valence-corrected chi connectivity index (χ3v) is 7.43. The average molecular weight is 569 g/mol. The molecule has 0 amide bonds. The Balaban J connectivity index is 1.47. The Morgan fingerprint density at radius 2 is 1.40 bits per heavy atom. The van der Waals surface area contributed by atoms with Crippen molar-refractivity contribution in [2.45, 2.75) is 76.7 Å². The number of rotatable bonds is 10. The fourth-order valence-corrected chi connectivity index (χ4v) is 5.34. The van der Waals surface area contributed by atoms with E-state index in [1.165, 1.54) is 62.1 Å². The Morgan fingerprint density at radius 1 is 0.775 bits per heavy atom. The van der Waals surface area contributed by atoms with Gasteiger partial charge in [-0.05, 0) is 79.0 Å². The van der Waals surface area contributed by atoms with Crippen LogP contribution in [0.15, 0.2) is 60.7 Å². The molecule has 0 bridgehead atoms. The molecule has 4 rings (SSSR count). The highest BCUT2D eigenvalue weighted by atomic mass is 19.4. The minimum Gasteiger partial charge on any atom is -0.428 e. The van der Waals surface area contributed by atoms with Crippen molar-refractivity contribution in [1.82, 2.24) is 0 Å². The zero-order valence-electron chi connectivity index (χ0n) is 22.0. The van der Waals surface area contributed by atoms with Crippen LogP contribution in [0.3, 0.4) is 0 Å². The van der Waals surface area contributed by atoms with Gasteiger partial charge >= 0.3 is 12.5 Å².